The van der Waals surface area contributed by atoms with Crippen LogP contribution >= 0.6 is 0 Å². The van der Waals surface area contributed by atoms with Gasteiger partial charge in [-0.3, -0.25) is 4.79 Å². The van der Waals surface area contributed by atoms with E-state index in [4.69, 9.17) is 15.2 Å². The summed E-state index contributed by atoms with van der Waals surface area (Å²) in [4.78, 5) is 13.7. The second-order valence-corrected chi connectivity index (χ2v) is 13.4. The number of carbonyl (C=O) groups is 1. The predicted octanol–water partition coefficient (Wildman–Crippen LogP) is 5.69. The first-order valence-electron chi connectivity index (χ1n) is 15.1. The Balaban J connectivity index is 1.20. The Kier molecular flexibility index (Phi) is 6.35. The number of ether oxygens (including phenoxy) is 2. The lowest BCUT2D eigenvalue weighted by Gasteiger charge is -2.62. The molecular weight excluding hydrogens is 547 g/mol. The van der Waals surface area contributed by atoms with Gasteiger partial charge in [0.1, 0.15) is 6.61 Å². The highest BCUT2D eigenvalue weighted by atomic mass is 19.1. The Morgan fingerprint density at radius 3 is 2.65 bits per heavy atom. The minimum Gasteiger partial charge on any atom is -0.399 e. The van der Waals surface area contributed by atoms with Gasteiger partial charge in [-0.25, -0.2) is 4.39 Å². The smallest absolute Gasteiger partial charge is 0.193 e. The molecule has 2 aromatic carbocycles. The van der Waals surface area contributed by atoms with Gasteiger partial charge in [-0.2, -0.15) is 0 Å². The number of aliphatic hydroxyl groups excluding tert-OH is 2. The van der Waals surface area contributed by atoms with Crippen molar-refractivity contribution in [2.45, 2.75) is 69.3 Å². The second kappa shape index (κ2) is 9.60. The standard InChI is InChI=1S/C35H39FN2O5/c1-20-13-14-32(2)22(15-20)9-12-26-27-17-30-35(29(41)19-39,33(27,3)18-28(40)34(26,32)36)43-31(42-30)21-7-10-24(11-8-21)38-25-6-4-5-23(37)16-25/h4-8,10-11,13-16,26-28,30-31,38-40H,1,9,12,17-19,37H2,2-3H3/t26-,27-,28-,30+,31-,32-,33-,34-,35+/m0/s1. The van der Waals surface area contributed by atoms with Crippen LogP contribution in [0, 0.1) is 22.7 Å². The Morgan fingerprint density at radius 2 is 1.93 bits per heavy atom. The van der Waals surface area contributed by atoms with Gasteiger partial charge in [-0.05, 0) is 74.4 Å². The Hall–Kier alpha value is -3.30. The first kappa shape index (κ1) is 28.5. The molecule has 2 aromatic rings. The highest BCUT2D eigenvalue weighted by molar-refractivity contribution is 5.91. The van der Waals surface area contributed by atoms with Gasteiger partial charge in [0.05, 0.1) is 12.2 Å². The van der Waals surface area contributed by atoms with Crippen LogP contribution in [0.5, 0.6) is 0 Å². The van der Waals surface area contributed by atoms with Crippen LogP contribution in [0.15, 0.2) is 84.5 Å². The fourth-order valence-electron chi connectivity index (χ4n) is 9.31. The zero-order chi connectivity index (χ0) is 30.4. The lowest BCUT2D eigenvalue weighted by atomic mass is 9.44. The van der Waals surface area contributed by atoms with Crippen LogP contribution in [-0.2, 0) is 14.3 Å². The Bertz CT molecular complexity index is 1560. The number of nitrogens with one attached hydrogen (secondary N) is 1. The van der Waals surface area contributed by atoms with Crippen molar-refractivity contribution < 1.29 is 28.9 Å². The second-order valence-electron chi connectivity index (χ2n) is 13.4. The van der Waals surface area contributed by atoms with Crippen molar-refractivity contribution in [1.29, 1.82) is 0 Å². The van der Waals surface area contributed by atoms with Gasteiger partial charge < -0.3 is 30.7 Å². The lowest BCUT2D eigenvalue weighted by molar-refractivity contribution is -0.231. The van der Waals surface area contributed by atoms with Gasteiger partial charge in [0.15, 0.2) is 23.3 Å². The maximum atomic E-state index is 17.6. The van der Waals surface area contributed by atoms with E-state index in [1.54, 1.807) is 0 Å². The fraction of sp³-hybridized carbons (Fsp3) is 0.457. The van der Waals surface area contributed by atoms with Gasteiger partial charge in [0.25, 0.3) is 0 Å². The first-order chi connectivity index (χ1) is 20.5. The predicted molar refractivity (Wildman–Crippen MR) is 162 cm³/mol. The first-order valence-corrected chi connectivity index (χ1v) is 15.1. The van der Waals surface area contributed by atoms with E-state index in [1.807, 2.05) is 80.6 Å². The summed E-state index contributed by atoms with van der Waals surface area (Å²) in [6.07, 6.45) is 4.42. The minimum absolute atomic E-state index is 0.0176. The van der Waals surface area contributed by atoms with Crippen LogP contribution < -0.4 is 11.1 Å². The number of alkyl halides is 1. The number of benzene rings is 2. The van der Waals surface area contributed by atoms with Crippen molar-refractivity contribution in [2.24, 2.45) is 22.7 Å². The molecule has 0 bridgehead atoms. The van der Waals surface area contributed by atoms with Gasteiger partial charge in [-0.1, -0.05) is 55.5 Å². The zero-order valence-corrected chi connectivity index (χ0v) is 24.6. The molecule has 226 valence electrons. The highest BCUT2D eigenvalue weighted by Crippen LogP contribution is 2.72. The van der Waals surface area contributed by atoms with Crippen molar-refractivity contribution in [3.63, 3.8) is 0 Å². The van der Waals surface area contributed by atoms with Crippen molar-refractivity contribution in [1.82, 2.24) is 0 Å². The maximum Gasteiger partial charge on any atom is 0.193 e. The maximum absolute atomic E-state index is 17.6. The molecule has 4 aliphatic carbocycles. The molecule has 0 radical (unpaired) electrons. The molecule has 0 unspecified atom stereocenters. The highest BCUT2D eigenvalue weighted by Gasteiger charge is 2.79. The van der Waals surface area contributed by atoms with Crippen LogP contribution in [0.4, 0.5) is 21.5 Å². The summed E-state index contributed by atoms with van der Waals surface area (Å²) in [7, 11) is 0. The molecule has 7 nitrogen and oxygen atoms in total. The Morgan fingerprint density at radius 1 is 1.16 bits per heavy atom. The number of nitrogen functional groups attached to an aromatic ring is 1. The molecule has 8 heteroatoms. The molecule has 1 aliphatic heterocycles. The number of carbonyl (C=O) groups excluding carboxylic acids is 1. The van der Waals surface area contributed by atoms with Gasteiger partial charge in [-0.15, -0.1) is 0 Å². The fourth-order valence-corrected chi connectivity index (χ4v) is 9.31. The summed E-state index contributed by atoms with van der Waals surface area (Å²) in [5.74, 6) is -1.29. The van der Waals surface area contributed by atoms with E-state index in [0.717, 1.165) is 28.1 Å². The number of Topliss-reactive ketones (excluding diaryl/α,β-unsaturated/α-hetero) is 1. The summed E-state index contributed by atoms with van der Waals surface area (Å²) in [5.41, 5.74) is 5.40. The van der Waals surface area contributed by atoms with Crippen molar-refractivity contribution in [2.75, 3.05) is 17.7 Å². The van der Waals surface area contributed by atoms with Gasteiger partial charge in [0, 0.05) is 39.4 Å². The average molecular weight is 587 g/mol. The van der Waals surface area contributed by atoms with Gasteiger partial charge in [0.2, 0.25) is 0 Å². The number of hydrogen-bond acceptors (Lipinski definition) is 7. The van der Waals surface area contributed by atoms with Crippen molar-refractivity contribution >= 4 is 22.8 Å². The number of allylic oxidation sites excluding steroid dienone is 5. The summed E-state index contributed by atoms with van der Waals surface area (Å²) >= 11 is 0. The average Bonchev–Trinajstić information content (AvgIpc) is 3.47. The van der Waals surface area contributed by atoms with E-state index < -0.39 is 58.9 Å². The molecule has 7 rings (SSSR count). The number of hydrogen-bond donors (Lipinski definition) is 4. The number of rotatable bonds is 5. The number of fused-ring (bicyclic) bond motifs is 7. The number of anilines is 3. The van der Waals surface area contributed by atoms with E-state index >= 15 is 4.39 Å². The van der Waals surface area contributed by atoms with Gasteiger partial charge >= 0.3 is 0 Å². The third-order valence-electron chi connectivity index (χ3n) is 11.4. The van der Waals surface area contributed by atoms with Crippen molar-refractivity contribution in [3.05, 3.63) is 90.0 Å². The molecule has 1 saturated heterocycles. The Labute approximate surface area is 251 Å². The topological polar surface area (TPSA) is 114 Å². The molecule has 0 spiro atoms. The molecular formula is C35H39FN2O5. The van der Waals surface area contributed by atoms with Crippen molar-refractivity contribution in [3.8, 4) is 0 Å². The summed E-state index contributed by atoms with van der Waals surface area (Å²) in [6, 6.07) is 15.0. The van der Waals surface area contributed by atoms with Crippen LogP contribution in [0.2, 0.25) is 0 Å². The largest absolute Gasteiger partial charge is 0.399 e. The van der Waals surface area contributed by atoms with E-state index in [2.05, 4.69) is 11.9 Å². The van der Waals surface area contributed by atoms with Crippen LogP contribution in [-0.4, -0.2) is 46.1 Å². The number of ketones is 1. The molecule has 1 heterocycles. The van der Waals surface area contributed by atoms with Crippen LogP contribution in [0.3, 0.4) is 0 Å². The summed E-state index contributed by atoms with van der Waals surface area (Å²) < 4.78 is 30.7. The molecule has 9 atom stereocenters. The van der Waals surface area contributed by atoms with E-state index in [9.17, 15) is 15.0 Å². The number of nitrogens with two attached hydrogens (primary N) is 1. The molecule has 0 aromatic heterocycles. The third kappa shape index (κ3) is 3.76. The van der Waals surface area contributed by atoms with E-state index in [-0.39, 0.29) is 12.3 Å². The normalized spacial score (nSPS) is 41.1. The monoisotopic (exact) mass is 586 g/mol. The SMILES string of the molecule is C=C1C=C[C@@]2(C)C(=C1)CC[C@H]1[C@@H]3C[C@H]4O[C@H](c5ccc(Nc6cccc(N)c6)cc5)O[C@@]4(C(=O)CO)[C@@]3(C)C[C@H](O)[C@@]12F. The lowest BCUT2D eigenvalue weighted by Crippen LogP contribution is -2.69. The third-order valence-corrected chi connectivity index (χ3v) is 11.4. The number of halogens is 1. The summed E-state index contributed by atoms with van der Waals surface area (Å²) in [6.45, 7) is 7.10. The van der Waals surface area contributed by atoms with E-state index in [1.165, 1.54) is 0 Å². The minimum atomic E-state index is -1.92. The molecule has 43 heavy (non-hydrogen) atoms. The quantitative estimate of drug-likeness (QED) is 0.333. The molecule has 5 N–H and O–H groups in total. The molecule has 4 fully saturated rings. The number of aliphatic hydroxyl groups is 2. The summed E-state index contributed by atoms with van der Waals surface area (Å²) in [5, 5.41) is 25.3. The zero-order valence-electron chi connectivity index (χ0n) is 24.6. The molecule has 0 amide bonds. The van der Waals surface area contributed by atoms with Crippen LogP contribution in [0.1, 0.15) is 51.4 Å². The molecule has 3 saturated carbocycles. The van der Waals surface area contributed by atoms with E-state index in [0.29, 0.717) is 24.9 Å². The molecule has 5 aliphatic rings. The van der Waals surface area contributed by atoms with Crippen LogP contribution in [0.25, 0.3) is 0 Å².